The Hall–Kier alpha value is -2.17. The molecule has 2 aliphatic rings. The van der Waals surface area contributed by atoms with Crippen LogP contribution in [-0.2, 0) is 6.18 Å². The van der Waals surface area contributed by atoms with Gasteiger partial charge in [0.25, 0.3) is 5.91 Å². The summed E-state index contributed by atoms with van der Waals surface area (Å²) in [7, 11) is 2.06. The highest BCUT2D eigenvalue weighted by molar-refractivity contribution is 6.02. The number of nitrogens with two attached hydrogens (primary N) is 2. The molecule has 2 heterocycles. The zero-order valence-electron chi connectivity index (χ0n) is 17.6. The van der Waals surface area contributed by atoms with Crippen molar-refractivity contribution in [1.29, 1.82) is 0 Å². The molecule has 0 aromatic heterocycles. The van der Waals surface area contributed by atoms with Crippen molar-refractivity contribution >= 4 is 11.9 Å². The van der Waals surface area contributed by atoms with E-state index >= 15 is 0 Å². The van der Waals surface area contributed by atoms with Crippen LogP contribution < -0.4 is 11.5 Å². The number of aliphatic hydroxyl groups is 1. The molecule has 7 nitrogen and oxygen atoms in total. The van der Waals surface area contributed by atoms with E-state index in [0.29, 0.717) is 25.9 Å². The van der Waals surface area contributed by atoms with Gasteiger partial charge in [0.2, 0.25) is 0 Å². The number of nitrogens with zero attached hydrogens (tertiary/aromatic N) is 3. The molecular weight excluding hydrogens is 411 g/mol. The largest absolute Gasteiger partial charge is 0.416 e. The van der Waals surface area contributed by atoms with Crippen LogP contribution in [0.25, 0.3) is 0 Å². The van der Waals surface area contributed by atoms with E-state index in [4.69, 9.17) is 11.5 Å². The van der Waals surface area contributed by atoms with Gasteiger partial charge in [-0.25, -0.2) is 0 Å². The minimum Gasteiger partial charge on any atom is -0.378 e. The summed E-state index contributed by atoms with van der Waals surface area (Å²) < 4.78 is 41.2. The van der Waals surface area contributed by atoms with Crippen LogP contribution in [0.15, 0.2) is 23.2 Å². The summed E-state index contributed by atoms with van der Waals surface area (Å²) in [6, 6.07) is 3.51. The molecule has 0 bridgehead atoms. The molecular formula is C21H30F3N5O2. The molecule has 1 amide bonds. The standard InChI is InChI=1S/C21H30F3N5O2/c1-28-8-4-14(5-9-28)19(31)29-10-6-13(7-11-29)16-3-2-15(18(30)27-20(25)26)12-17(16)21(22,23)24/h2-3,12-14,19,31H,4-11H2,1H3,(H4,25,26,27,30). The van der Waals surface area contributed by atoms with Crippen LogP contribution in [0.2, 0.25) is 0 Å². The first-order chi connectivity index (χ1) is 14.6. The number of aliphatic hydroxyl groups excluding tert-OH is 1. The van der Waals surface area contributed by atoms with Crippen molar-refractivity contribution in [3.05, 3.63) is 34.9 Å². The average molecular weight is 441 g/mol. The van der Waals surface area contributed by atoms with E-state index in [9.17, 15) is 23.1 Å². The van der Waals surface area contributed by atoms with Gasteiger partial charge >= 0.3 is 6.18 Å². The first-order valence-electron chi connectivity index (χ1n) is 10.5. The minimum absolute atomic E-state index is 0.169. The Kier molecular flexibility index (Phi) is 7.23. The number of benzene rings is 1. The van der Waals surface area contributed by atoms with Gasteiger partial charge in [-0.1, -0.05) is 6.07 Å². The molecule has 1 unspecified atom stereocenters. The van der Waals surface area contributed by atoms with Gasteiger partial charge < -0.3 is 21.5 Å². The van der Waals surface area contributed by atoms with Crippen molar-refractivity contribution in [2.24, 2.45) is 22.4 Å². The van der Waals surface area contributed by atoms with Crippen molar-refractivity contribution in [3.63, 3.8) is 0 Å². The second-order valence-corrected chi connectivity index (χ2v) is 8.51. The Morgan fingerprint density at radius 1 is 1.13 bits per heavy atom. The predicted octanol–water partition coefficient (Wildman–Crippen LogP) is 1.96. The van der Waals surface area contributed by atoms with E-state index in [1.54, 1.807) is 0 Å². The monoisotopic (exact) mass is 441 g/mol. The van der Waals surface area contributed by atoms with E-state index in [2.05, 4.69) is 16.9 Å². The maximum atomic E-state index is 13.7. The summed E-state index contributed by atoms with van der Waals surface area (Å²) >= 11 is 0. The number of piperidine rings is 2. The van der Waals surface area contributed by atoms with Crippen LogP contribution in [0, 0.1) is 5.92 Å². The van der Waals surface area contributed by atoms with Crippen molar-refractivity contribution in [1.82, 2.24) is 9.80 Å². The third kappa shape index (κ3) is 5.75. The second kappa shape index (κ2) is 9.54. The van der Waals surface area contributed by atoms with Gasteiger partial charge in [0, 0.05) is 24.6 Å². The number of carbonyl (C=O) groups excluding carboxylic acids is 1. The average Bonchev–Trinajstić information content (AvgIpc) is 2.72. The lowest BCUT2D eigenvalue weighted by Crippen LogP contribution is -2.47. The maximum Gasteiger partial charge on any atom is 0.416 e. The van der Waals surface area contributed by atoms with Gasteiger partial charge in [-0.15, -0.1) is 0 Å². The molecule has 31 heavy (non-hydrogen) atoms. The molecule has 0 radical (unpaired) electrons. The number of hydrogen-bond acceptors (Lipinski definition) is 4. The van der Waals surface area contributed by atoms with Crippen LogP contribution in [0.5, 0.6) is 0 Å². The lowest BCUT2D eigenvalue weighted by atomic mass is 9.84. The number of likely N-dealkylation sites (tertiary alicyclic amines) is 2. The fourth-order valence-corrected chi connectivity index (χ4v) is 4.57. The number of halogens is 3. The number of rotatable bonds is 4. The summed E-state index contributed by atoms with van der Waals surface area (Å²) in [5, 5.41) is 10.8. The predicted molar refractivity (Wildman–Crippen MR) is 111 cm³/mol. The number of alkyl halides is 3. The zero-order chi connectivity index (χ0) is 22.8. The van der Waals surface area contributed by atoms with E-state index in [1.807, 2.05) is 4.90 Å². The van der Waals surface area contributed by atoms with Crippen molar-refractivity contribution in [2.75, 3.05) is 33.2 Å². The molecule has 1 aromatic carbocycles. The maximum absolute atomic E-state index is 13.7. The summed E-state index contributed by atoms with van der Waals surface area (Å²) in [6.45, 7) is 2.95. The number of carbonyl (C=O) groups is 1. The fraction of sp³-hybridized carbons (Fsp3) is 0.619. The molecule has 0 aliphatic carbocycles. The highest BCUT2D eigenvalue weighted by Gasteiger charge is 2.38. The van der Waals surface area contributed by atoms with E-state index in [-0.39, 0.29) is 23.0 Å². The molecule has 0 saturated carbocycles. The first kappa shape index (κ1) is 23.5. The molecule has 10 heteroatoms. The SMILES string of the molecule is CN1CCC(C(O)N2CCC(c3ccc(C(=O)N=C(N)N)cc3C(F)(F)F)CC2)CC1. The first-order valence-corrected chi connectivity index (χ1v) is 10.5. The Balaban J connectivity index is 1.72. The van der Waals surface area contributed by atoms with Crippen molar-refractivity contribution in [2.45, 2.75) is 44.0 Å². The van der Waals surface area contributed by atoms with Gasteiger partial charge in [0.05, 0.1) is 5.56 Å². The Morgan fingerprint density at radius 3 is 2.29 bits per heavy atom. The molecule has 2 saturated heterocycles. The summed E-state index contributed by atoms with van der Waals surface area (Å²) in [6.07, 6.45) is -2.31. The summed E-state index contributed by atoms with van der Waals surface area (Å²) in [4.78, 5) is 19.5. The molecule has 2 aliphatic heterocycles. The molecule has 0 spiro atoms. The van der Waals surface area contributed by atoms with E-state index in [1.165, 1.54) is 12.1 Å². The lowest BCUT2D eigenvalue weighted by Gasteiger charge is -2.41. The summed E-state index contributed by atoms with van der Waals surface area (Å²) in [5.41, 5.74) is 9.44. The Bertz CT molecular complexity index is 810. The third-order valence-electron chi connectivity index (χ3n) is 6.36. The summed E-state index contributed by atoms with van der Waals surface area (Å²) in [5.74, 6) is -1.52. The van der Waals surface area contributed by atoms with Gasteiger partial charge in [-0.2, -0.15) is 18.2 Å². The van der Waals surface area contributed by atoms with E-state index in [0.717, 1.165) is 32.0 Å². The van der Waals surface area contributed by atoms with Crippen molar-refractivity contribution in [3.8, 4) is 0 Å². The highest BCUT2D eigenvalue weighted by Crippen LogP contribution is 2.40. The smallest absolute Gasteiger partial charge is 0.378 e. The number of aliphatic imine (C=N–C) groups is 1. The van der Waals surface area contributed by atoms with Crippen LogP contribution >= 0.6 is 0 Å². The van der Waals surface area contributed by atoms with Crippen molar-refractivity contribution < 1.29 is 23.1 Å². The van der Waals surface area contributed by atoms with Crippen LogP contribution in [0.3, 0.4) is 0 Å². The minimum atomic E-state index is -4.60. The second-order valence-electron chi connectivity index (χ2n) is 8.51. The lowest BCUT2D eigenvalue weighted by molar-refractivity contribution is -0.138. The topological polar surface area (TPSA) is 108 Å². The van der Waals surface area contributed by atoms with Gasteiger partial charge in [0.15, 0.2) is 5.96 Å². The quantitative estimate of drug-likeness (QED) is 0.487. The van der Waals surface area contributed by atoms with Crippen LogP contribution in [0.4, 0.5) is 13.2 Å². The van der Waals surface area contributed by atoms with Gasteiger partial charge in [0.1, 0.15) is 6.23 Å². The number of guanidine groups is 1. The van der Waals surface area contributed by atoms with Gasteiger partial charge in [-0.05, 0) is 69.4 Å². The third-order valence-corrected chi connectivity index (χ3v) is 6.36. The number of amides is 1. The zero-order valence-corrected chi connectivity index (χ0v) is 17.6. The normalized spacial score (nSPS) is 21.1. The highest BCUT2D eigenvalue weighted by atomic mass is 19.4. The molecule has 1 aromatic rings. The molecule has 1 atom stereocenters. The van der Waals surface area contributed by atoms with E-state index < -0.39 is 29.8 Å². The molecule has 3 rings (SSSR count). The Morgan fingerprint density at radius 2 is 1.74 bits per heavy atom. The fourth-order valence-electron chi connectivity index (χ4n) is 4.57. The Labute approximate surface area is 179 Å². The van der Waals surface area contributed by atoms with Crippen LogP contribution in [-0.4, -0.2) is 66.2 Å². The van der Waals surface area contributed by atoms with Gasteiger partial charge in [-0.3, -0.25) is 9.69 Å². The number of hydrogen-bond donors (Lipinski definition) is 3. The molecule has 2 fully saturated rings. The molecule has 172 valence electrons. The van der Waals surface area contributed by atoms with Crippen LogP contribution in [0.1, 0.15) is 53.1 Å². The molecule has 5 N–H and O–H groups in total.